The second-order valence-corrected chi connectivity index (χ2v) is 9.92. The minimum atomic E-state index is -4.75. The first-order valence-corrected chi connectivity index (χ1v) is 11.9. The van der Waals surface area contributed by atoms with Crippen LogP contribution in [-0.4, -0.2) is 40.1 Å². The van der Waals surface area contributed by atoms with E-state index in [0.29, 0.717) is 22.0 Å². The number of carbonyl (C=O) groups is 2. The molecule has 1 N–H and O–H groups in total. The van der Waals surface area contributed by atoms with E-state index < -0.39 is 29.7 Å². The van der Waals surface area contributed by atoms with Gasteiger partial charge in [-0.3, -0.25) is 14.3 Å². The summed E-state index contributed by atoms with van der Waals surface area (Å²) in [6.45, 7) is 5.64. The predicted octanol–water partition coefficient (Wildman–Crippen LogP) is 5.25. The lowest BCUT2D eigenvalue weighted by Gasteiger charge is -2.33. The predicted molar refractivity (Wildman–Crippen MR) is 128 cm³/mol. The number of hydrogen-bond donors (Lipinski definition) is 1. The van der Waals surface area contributed by atoms with E-state index in [1.807, 2.05) is 0 Å². The second kappa shape index (κ2) is 9.50. The van der Waals surface area contributed by atoms with Crippen LogP contribution in [0.4, 0.5) is 13.2 Å². The number of nitrogens with one attached hydrogen (secondary N) is 1. The van der Waals surface area contributed by atoms with Crippen molar-refractivity contribution in [2.75, 3.05) is 13.6 Å². The Labute approximate surface area is 209 Å². The van der Waals surface area contributed by atoms with Crippen LogP contribution in [0.5, 0.6) is 0 Å². The maximum atomic E-state index is 14.1. The van der Waals surface area contributed by atoms with E-state index in [-0.39, 0.29) is 18.0 Å². The molecule has 0 saturated heterocycles. The Hall–Kier alpha value is -3.11. The number of aromatic nitrogens is 2. The molecule has 0 saturated carbocycles. The Morgan fingerprint density at radius 2 is 2.00 bits per heavy atom. The number of alkyl halides is 3. The van der Waals surface area contributed by atoms with Gasteiger partial charge in [0.05, 0.1) is 10.9 Å². The smallest absolute Gasteiger partial charge is 0.357 e. The Morgan fingerprint density at radius 1 is 1.29 bits per heavy atom. The van der Waals surface area contributed by atoms with Crippen molar-refractivity contribution < 1.29 is 22.8 Å². The third kappa shape index (κ3) is 4.72. The molecule has 184 valence electrons. The zero-order chi connectivity index (χ0) is 25.5. The number of amides is 2. The van der Waals surface area contributed by atoms with Gasteiger partial charge in [0.1, 0.15) is 6.04 Å². The van der Waals surface area contributed by atoms with Crippen LogP contribution in [0.3, 0.4) is 0 Å². The molecule has 0 radical (unpaired) electrons. The lowest BCUT2D eigenvalue weighted by Crippen LogP contribution is -2.37. The van der Waals surface area contributed by atoms with E-state index in [4.69, 9.17) is 11.6 Å². The lowest BCUT2D eigenvalue weighted by molar-refractivity contribution is -0.141. The summed E-state index contributed by atoms with van der Waals surface area (Å²) in [7, 11) is 1.41. The number of benzene rings is 1. The van der Waals surface area contributed by atoms with Crippen LogP contribution in [0.1, 0.15) is 40.6 Å². The largest absolute Gasteiger partial charge is 0.435 e. The maximum absolute atomic E-state index is 14.1. The molecule has 2 amide bonds. The van der Waals surface area contributed by atoms with Crippen molar-refractivity contribution in [1.82, 2.24) is 20.0 Å². The van der Waals surface area contributed by atoms with Crippen LogP contribution >= 0.6 is 22.9 Å². The summed E-state index contributed by atoms with van der Waals surface area (Å²) in [6, 6.07) is 7.59. The fraction of sp³-hybridized carbons (Fsp3) is 0.292. The molecule has 3 heterocycles. The Kier molecular flexibility index (Phi) is 6.79. The molecule has 2 aromatic heterocycles. The van der Waals surface area contributed by atoms with E-state index in [2.05, 4.69) is 17.0 Å². The van der Waals surface area contributed by atoms with Crippen molar-refractivity contribution in [3.05, 3.63) is 75.2 Å². The normalized spacial score (nSPS) is 16.5. The quantitative estimate of drug-likeness (QED) is 0.465. The summed E-state index contributed by atoms with van der Waals surface area (Å²) in [5, 5.41) is 6.18. The van der Waals surface area contributed by atoms with Crippen LogP contribution in [0.2, 0.25) is 4.34 Å². The van der Waals surface area contributed by atoms with Gasteiger partial charge in [-0.1, -0.05) is 42.4 Å². The van der Waals surface area contributed by atoms with Crippen molar-refractivity contribution in [3.63, 3.8) is 0 Å². The first-order chi connectivity index (χ1) is 16.5. The average Bonchev–Trinajstić information content (AvgIpc) is 3.45. The molecule has 6 nitrogen and oxygen atoms in total. The molecule has 35 heavy (non-hydrogen) atoms. The van der Waals surface area contributed by atoms with Gasteiger partial charge in [-0.05, 0) is 35.8 Å². The number of carbonyl (C=O) groups excluding carboxylic acids is 2. The van der Waals surface area contributed by atoms with Crippen LogP contribution in [-0.2, 0) is 22.3 Å². The molecule has 0 spiro atoms. The number of halogens is 4. The summed E-state index contributed by atoms with van der Waals surface area (Å²) in [5.41, 5.74) is 0.571. The standard InChI is InChI=1S/C24H22ClF3N4O2S/c1-4-21(33)31-10-17(16-9-20(25)35-19(16)12-31)14-7-5-6-8-15(14)18-11-32(13(2)23(34)29-3)30-22(18)24(26,27)28/h4-9,11,13,17H,1,10,12H2,2-3H3,(H,29,34). The molecular weight excluding hydrogens is 501 g/mol. The third-order valence-electron chi connectivity index (χ3n) is 6.06. The van der Waals surface area contributed by atoms with Crippen LogP contribution in [0, 0.1) is 0 Å². The molecule has 4 rings (SSSR count). The van der Waals surface area contributed by atoms with Crippen molar-refractivity contribution >= 4 is 34.8 Å². The van der Waals surface area contributed by atoms with E-state index in [1.165, 1.54) is 37.6 Å². The zero-order valence-electron chi connectivity index (χ0n) is 18.9. The molecule has 1 aliphatic rings. The van der Waals surface area contributed by atoms with Gasteiger partial charge in [0, 0.05) is 36.1 Å². The van der Waals surface area contributed by atoms with Gasteiger partial charge >= 0.3 is 6.18 Å². The van der Waals surface area contributed by atoms with Gasteiger partial charge < -0.3 is 10.2 Å². The molecular formula is C24H22ClF3N4O2S. The SMILES string of the molecule is C=CC(=O)N1Cc2sc(Cl)cc2C(c2ccccc2-c2cn(C(C)C(=O)NC)nc2C(F)(F)F)C1. The Balaban J connectivity index is 1.89. The van der Waals surface area contributed by atoms with Gasteiger partial charge in [-0.25, -0.2) is 0 Å². The molecule has 0 aliphatic carbocycles. The monoisotopic (exact) mass is 522 g/mol. The second-order valence-electron chi connectivity index (χ2n) is 8.15. The van der Waals surface area contributed by atoms with Crippen LogP contribution in [0.15, 0.2) is 49.2 Å². The Bertz CT molecular complexity index is 1300. The first-order valence-electron chi connectivity index (χ1n) is 10.7. The number of hydrogen-bond acceptors (Lipinski definition) is 4. The number of likely N-dealkylation sites (N-methyl/N-ethyl adjacent to an activating group) is 1. The fourth-order valence-corrected chi connectivity index (χ4v) is 5.68. The molecule has 2 atom stereocenters. The summed E-state index contributed by atoms with van der Waals surface area (Å²) in [5.74, 6) is -1.15. The minimum absolute atomic E-state index is 0.140. The van der Waals surface area contributed by atoms with Crippen molar-refractivity contribution in [3.8, 4) is 11.1 Å². The lowest BCUT2D eigenvalue weighted by atomic mass is 9.84. The van der Waals surface area contributed by atoms with Gasteiger partial charge in [0.2, 0.25) is 11.8 Å². The third-order valence-corrected chi connectivity index (χ3v) is 7.32. The highest BCUT2D eigenvalue weighted by molar-refractivity contribution is 7.16. The van der Waals surface area contributed by atoms with Gasteiger partial charge in [-0.2, -0.15) is 18.3 Å². The van der Waals surface area contributed by atoms with Crippen molar-refractivity contribution in [2.45, 2.75) is 31.6 Å². The summed E-state index contributed by atoms with van der Waals surface area (Å²) in [6.07, 6.45) is -2.28. The average molecular weight is 523 g/mol. The summed E-state index contributed by atoms with van der Waals surface area (Å²) < 4.78 is 43.8. The molecule has 2 unspecified atom stereocenters. The highest BCUT2D eigenvalue weighted by Gasteiger charge is 2.40. The molecule has 0 bridgehead atoms. The maximum Gasteiger partial charge on any atom is 0.435 e. The molecule has 3 aromatic rings. The van der Waals surface area contributed by atoms with E-state index in [0.717, 1.165) is 15.1 Å². The minimum Gasteiger partial charge on any atom is -0.357 e. The number of nitrogens with zero attached hydrogens (tertiary/aromatic N) is 3. The van der Waals surface area contributed by atoms with Crippen molar-refractivity contribution in [2.24, 2.45) is 0 Å². The highest BCUT2D eigenvalue weighted by atomic mass is 35.5. The number of thiophene rings is 1. The zero-order valence-corrected chi connectivity index (χ0v) is 20.5. The molecule has 1 aromatic carbocycles. The number of rotatable bonds is 5. The number of fused-ring (bicyclic) bond motifs is 1. The van der Waals surface area contributed by atoms with Crippen LogP contribution in [0.25, 0.3) is 11.1 Å². The molecule has 1 aliphatic heterocycles. The molecule has 0 fully saturated rings. The van der Waals surface area contributed by atoms with E-state index in [1.54, 1.807) is 35.2 Å². The van der Waals surface area contributed by atoms with Gasteiger partial charge in [-0.15, -0.1) is 11.3 Å². The first kappa shape index (κ1) is 25.0. The van der Waals surface area contributed by atoms with Crippen molar-refractivity contribution in [1.29, 1.82) is 0 Å². The van der Waals surface area contributed by atoms with Crippen LogP contribution < -0.4 is 5.32 Å². The fourth-order valence-electron chi connectivity index (χ4n) is 4.32. The molecule has 11 heteroatoms. The Morgan fingerprint density at radius 3 is 2.66 bits per heavy atom. The van der Waals surface area contributed by atoms with Gasteiger partial charge in [0.15, 0.2) is 5.69 Å². The van der Waals surface area contributed by atoms with Gasteiger partial charge in [0.25, 0.3) is 0 Å². The van der Waals surface area contributed by atoms with E-state index in [9.17, 15) is 22.8 Å². The summed E-state index contributed by atoms with van der Waals surface area (Å²) >= 11 is 7.62. The summed E-state index contributed by atoms with van der Waals surface area (Å²) in [4.78, 5) is 27.0. The van der Waals surface area contributed by atoms with E-state index >= 15 is 0 Å². The topological polar surface area (TPSA) is 67.2 Å². The highest BCUT2D eigenvalue weighted by Crippen LogP contribution is 2.45.